The minimum atomic E-state index is -0.875. The van der Waals surface area contributed by atoms with Gasteiger partial charge in [-0.25, -0.2) is 0 Å². The van der Waals surface area contributed by atoms with Crippen molar-refractivity contribution in [2.45, 2.75) is 206 Å². The highest BCUT2D eigenvalue weighted by molar-refractivity contribution is 5.76. The number of unbranched alkanes of at least 4 members (excludes halogenated alkanes) is 19. The molecule has 0 aromatic heterocycles. The summed E-state index contributed by atoms with van der Waals surface area (Å²) < 4.78 is 0. The lowest BCUT2D eigenvalue weighted by molar-refractivity contribution is -0.123. The molecule has 0 saturated heterocycles. The number of allylic oxidation sites excluding steroid dienone is 13. The van der Waals surface area contributed by atoms with Gasteiger partial charge in [-0.3, -0.25) is 4.79 Å². The minimum Gasteiger partial charge on any atom is -0.394 e. The van der Waals surface area contributed by atoms with Crippen molar-refractivity contribution >= 4 is 5.91 Å². The van der Waals surface area contributed by atoms with Gasteiger partial charge in [-0.05, 0) is 77.0 Å². The maximum atomic E-state index is 12.4. The van der Waals surface area contributed by atoms with Crippen LogP contribution in [0, 0.1) is 0 Å². The van der Waals surface area contributed by atoms with Gasteiger partial charge in [0, 0.05) is 6.42 Å². The topological polar surface area (TPSA) is 69.6 Å². The normalized spacial score (nSPS) is 13.8. The Kier molecular flexibility index (Phi) is 41.0. The zero-order valence-corrected chi connectivity index (χ0v) is 34.0. The van der Waals surface area contributed by atoms with Crippen molar-refractivity contribution in [3.05, 3.63) is 85.1 Å². The first-order valence-electron chi connectivity index (χ1n) is 21.8. The van der Waals surface area contributed by atoms with Gasteiger partial charge in [0.05, 0.1) is 18.8 Å². The summed E-state index contributed by atoms with van der Waals surface area (Å²) >= 11 is 0. The van der Waals surface area contributed by atoms with Gasteiger partial charge in [-0.2, -0.15) is 0 Å². The quantitative estimate of drug-likeness (QED) is 0.0439. The summed E-state index contributed by atoms with van der Waals surface area (Å²) in [6.45, 7) is 4.17. The molecule has 4 nitrogen and oxygen atoms in total. The molecule has 4 heteroatoms. The number of carbonyl (C=O) groups is 1. The molecule has 2 atom stereocenters. The average Bonchev–Trinajstić information content (AvgIpc) is 3.15. The molecule has 0 aliphatic carbocycles. The number of amides is 1. The second kappa shape index (κ2) is 43.0. The number of hydrogen-bond acceptors (Lipinski definition) is 3. The van der Waals surface area contributed by atoms with Gasteiger partial charge in [-0.1, -0.05) is 195 Å². The zero-order chi connectivity index (χ0) is 37.8. The van der Waals surface area contributed by atoms with E-state index >= 15 is 0 Å². The van der Waals surface area contributed by atoms with Crippen LogP contribution in [0.1, 0.15) is 194 Å². The summed E-state index contributed by atoms with van der Waals surface area (Å²) in [5.41, 5.74) is 0. The molecule has 1 amide bonds. The lowest BCUT2D eigenvalue weighted by atomic mass is 10.0. The van der Waals surface area contributed by atoms with Crippen LogP contribution in [0.2, 0.25) is 0 Å². The first kappa shape index (κ1) is 49.6. The van der Waals surface area contributed by atoms with E-state index in [2.05, 4.69) is 92.1 Å². The number of hydrogen-bond donors (Lipinski definition) is 3. The summed E-state index contributed by atoms with van der Waals surface area (Å²) in [6.07, 6.45) is 62.6. The van der Waals surface area contributed by atoms with E-state index in [4.69, 9.17) is 0 Å². The van der Waals surface area contributed by atoms with E-state index < -0.39 is 12.1 Å². The van der Waals surface area contributed by atoms with Crippen LogP contribution in [0.3, 0.4) is 0 Å². The molecule has 0 radical (unpaired) electrons. The number of rotatable bonds is 38. The molecule has 3 N–H and O–H groups in total. The Labute approximate surface area is 322 Å². The van der Waals surface area contributed by atoms with Crippen LogP contribution in [0.25, 0.3) is 0 Å². The van der Waals surface area contributed by atoms with E-state index in [1.54, 1.807) is 6.08 Å². The molecule has 0 saturated carbocycles. The highest BCUT2D eigenvalue weighted by Gasteiger charge is 2.17. The second-order valence-corrected chi connectivity index (χ2v) is 14.4. The van der Waals surface area contributed by atoms with Crippen LogP contribution in [-0.4, -0.2) is 34.9 Å². The van der Waals surface area contributed by atoms with E-state index in [0.717, 1.165) is 77.0 Å². The molecule has 0 rings (SSSR count). The van der Waals surface area contributed by atoms with Gasteiger partial charge >= 0.3 is 0 Å². The Morgan fingerprint density at radius 1 is 0.481 bits per heavy atom. The van der Waals surface area contributed by atoms with Crippen molar-refractivity contribution < 1.29 is 15.0 Å². The highest BCUT2D eigenvalue weighted by atomic mass is 16.3. The fraction of sp³-hybridized carbons (Fsp3) is 0.688. The molecule has 0 heterocycles. The third kappa shape index (κ3) is 38.8. The molecule has 0 aromatic rings. The lowest BCUT2D eigenvalue weighted by Gasteiger charge is -2.19. The number of carbonyl (C=O) groups excluding carboxylic acids is 1. The summed E-state index contributed by atoms with van der Waals surface area (Å²) in [5.74, 6) is -0.0959. The Balaban J connectivity index is 3.70. The first-order valence-corrected chi connectivity index (χ1v) is 21.8. The maximum absolute atomic E-state index is 12.4. The molecule has 298 valence electrons. The van der Waals surface area contributed by atoms with Crippen LogP contribution >= 0.6 is 0 Å². The van der Waals surface area contributed by atoms with Crippen LogP contribution in [0.15, 0.2) is 85.1 Å². The summed E-state index contributed by atoms with van der Waals surface area (Å²) in [6, 6.07) is -0.654. The smallest absolute Gasteiger partial charge is 0.220 e. The molecule has 52 heavy (non-hydrogen) atoms. The summed E-state index contributed by atoms with van der Waals surface area (Å²) in [4.78, 5) is 12.4. The third-order valence-electron chi connectivity index (χ3n) is 9.36. The number of nitrogens with one attached hydrogen (secondary N) is 1. The molecule has 0 aliphatic heterocycles. The SMILES string of the molecule is CC/C=C\C/C=C\C/C=C\C/C=C\C/C=C\CCCCCCCC(=O)NC(CO)C(O)/C=C/CC/C=C/CCCCCCCCCCCCCCC. The van der Waals surface area contributed by atoms with Gasteiger partial charge in [0.2, 0.25) is 5.91 Å². The Hall–Kier alpha value is -2.43. The third-order valence-corrected chi connectivity index (χ3v) is 9.36. The van der Waals surface area contributed by atoms with Crippen molar-refractivity contribution in [2.24, 2.45) is 0 Å². The van der Waals surface area contributed by atoms with Gasteiger partial charge in [0.1, 0.15) is 0 Å². The first-order chi connectivity index (χ1) is 25.7. The molecule has 0 fully saturated rings. The average molecular weight is 722 g/mol. The molecule has 2 unspecified atom stereocenters. The molecule has 0 aromatic carbocycles. The molecular formula is C48H83NO3. The fourth-order valence-electron chi connectivity index (χ4n) is 6.04. The standard InChI is InChI=1S/C48H83NO3/c1-3-5-7-9-11-13-15-17-19-21-23-24-26-28-30-32-34-36-38-40-42-44-48(52)49-46(45-50)47(51)43-41-39-37-35-33-31-29-27-25-22-20-18-16-14-12-10-8-6-4-2/h5,7,11,13,17,19,23-24,28,30,33,35,41,43,46-47,50-51H,3-4,6,8-10,12,14-16,18,20-22,25-27,29,31-32,34,36-40,42,44-45H2,1-2H3,(H,49,52)/b7-5-,13-11-,19-17-,24-23-,30-28-,35-33+,43-41+. The van der Waals surface area contributed by atoms with Crippen molar-refractivity contribution in [3.63, 3.8) is 0 Å². The van der Waals surface area contributed by atoms with Crippen molar-refractivity contribution in [1.29, 1.82) is 0 Å². The van der Waals surface area contributed by atoms with E-state index in [1.807, 2.05) is 6.08 Å². The Morgan fingerprint density at radius 2 is 0.865 bits per heavy atom. The predicted octanol–water partition coefficient (Wildman–Crippen LogP) is 13.7. The Morgan fingerprint density at radius 3 is 1.35 bits per heavy atom. The van der Waals surface area contributed by atoms with Gasteiger partial charge < -0.3 is 15.5 Å². The van der Waals surface area contributed by atoms with Crippen LogP contribution < -0.4 is 5.32 Å². The van der Waals surface area contributed by atoms with Gasteiger partial charge in [0.25, 0.3) is 0 Å². The second-order valence-electron chi connectivity index (χ2n) is 14.4. The lowest BCUT2D eigenvalue weighted by Crippen LogP contribution is -2.45. The summed E-state index contributed by atoms with van der Waals surface area (Å²) in [5, 5.41) is 23.0. The minimum absolute atomic E-state index is 0.0959. The molecule has 0 bridgehead atoms. The van der Waals surface area contributed by atoms with Crippen molar-refractivity contribution in [1.82, 2.24) is 5.32 Å². The van der Waals surface area contributed by atoms with Crippen LogP contribution in [0.5, 0.6) is 0 Å². The fourth-order valence-corrected chi connectivity index (χ4v) is 6.04. The number of aliphatic hydroxyl groups excluding tert-OH is 2. The van der Waals surface area contributed by atoms with E-state index in [-0.39, 0.29) is 12.5 Å². The van der Waals surface area contributed by atoms with E-state index in [0.29, 0.717) is 6.42 Å². The highest BCUT2D eigenvalue weighted by Crippen LogP contribution is 2.13. The van der Waals surface area contributed by atoms with Crippen molar-refractivity contribution in [2.75, 3.05) is 6.61 Å². The van der Waals surface area contributed by atoms with Gasteiger partial charge in [0.15, 0.2) is 0 Å². The monoisotopic (exact) mass is 722 g/mol. The predicted molar refractivity (Wildman–Crippen MR) is 230 cm³/mol. The number of aliphatic hydroxyl groups is 2. The molecular weight excluding hydrogens is 639 g/mol. The largest absolute Gasteiger partial charge is 0.394 e. The maximum Gasteiger partial charge on any atom is 0.220 e. The van der Waals surface area contributed by atoms with Crippen LogP contribution in [-0.2, 0) is 4.79 Å². The van der Waals surface area contributed by atoms with Gasteiger partial charge in [-0.15, -0.1) is 0 Å². The summed E-state index contributed by atoms with van der Waals surface area (Å²) in [7, 11) is 0. The zero-order valence-electron chi connectivity index (χ0n) is 34.0. The molecule has 0 spiro atoms. The Bertz CT molecular complexity index is 957. The molecule has 0 aliphatic rings. The van der Waals surface area contributed by atoms with E-state index in [9.17, 15) is 15.0 Å². The van der Waals surface area contributed by atoms with Crippen molar-refractivity contribution in [3.8, 4) is 0 Å². The van der Waals surface area contributed by atoms with E-state index in [1.165, 1.54) is 96.3 Å². The van der Waals surface area contributed by atoms with Crippen LogP contribution in [0.4, 0.5) is 0 Å².